The molecule has 0 saturated carbocycles. The quantitative estimate of drug-likeness (QED) is 0.222. The first-order chi connectivity index (χ1) is 14.3. The Labute approximate surface area is 184 Å². The molecule has 1 amide bonds. The Morgan fingerprint density at radius 1 is 1.37 bits per heavy atom. The van der Waals surface area contributed by atoms with E-state index >= 15 is 0 Å². The number of allylic oxidation sites excluding steroid dienone is 3. The summed E-state index contributed by atoms with van der Waals surface area (Å²) in [4.78, 5) is 12.4. The zero-order valence-corrected chi connectivity index (χ0v) is 18.8. The van der Waals surface area contributed by atoms with Crippen LogP contribution in [0.4, 0.5) is 0 Å². The van der Waals surface area contributed by atoms with Gasteiger partial charge in [0.15, 0.2) is 6.29 Å². The van der Waals surface area contributed by atoms with Gasteiger partial charge in [-0.1, -0.05) is 68.9 Å². The summed E-state index contributed by atoms with van der Waals surface area (Å²) in [7, 11) is 0. The number of hydrogen-bond acceptors (Lipinski definition) is 5. The number of nitrogens with one attached hydrogen (secondary N) is 1. The molecule has 0 bridgehead atoms. The van der Waals surface area contributed by atoms with Gasteiger partial charge in [0, 0.05) is 17.5 Å². The fourth-order valence-electron chi connectivity index (χ4n) is 4.43. The number of epoxide rings is 1. The summed E-state index contributed by atoms with van der Waals surface area (Å²) in [6.45, 7) is 6.39. The summed E-state index contributed by atoms with van der Waals surface area (Å²) < 4.78 is 11.2. The van der Waals surface area contributed by atoms with Crippen LogP contribution in [0.15, 0.2) is 34.9 Å². The fourth-order valence-corrected chi connectivity index (χ4v) is 4.74. The second-order valence-corrected chi connectivity index (χ2v) is 9.29. The third-order valence-electron chi connectivity index (χ3n) is 6.09. The van der Waals surface area contributed by atoms with Gasteiger partial charge in [-0.2, -0.15) is 0 Å². The maximum Gasteiger partial charge on any atom is 0.244 e. The molecule has 6 nitrogen and oxygen atoms in total. The fraction of sp³-hybridized carbons (Fsp3) is 0.696. The van der Waals surface area contributed by atoms with Gasteiger partial charge in [0.1, 0.15) is 23.9 Å². The van der Waals surface area contributed by atoms with Gasteiger partial charge in [0.05, 0.1) is 6.04 Å². The summed E-state index contributed by atoms with van der Waals surface area (Å²) in [5.74, 6) is 0.186. The highest BCUT2D eigenvalue weighted by Gasteiger charge is 2.65. The lowest BCUT2D eigenvalue weighted by atomic mass is 9.86. The highest BCUT2D eigenvalue weighted by Crippen LogP contribution is 2.50. The minimum atomic E-state index is -1.16. The maximum atomic E-state index is 12.4. The van der Waals surface area contributed by atoms with E-state index in [1.165, 1.54) is 31.8 Å². The Balaban J connectivity index is 1.50. The number of halogens is 1. The lowest BCUT2D eigenvalue weighted by molar-refractivity contribution is -0.137. The summed E-state index contributed by atoms with van der Waals surface area (Å²) in [5.41, 5.74) is 0.128. The number of fused-ring (bicyclic) bond motifs is 2. The average Bonchev–Trinajstić information content (AvgIpc) is 3.44. The van der Waals surface area contributed by atoms with Crippen molar-refractivity contribution in [2.75, 3.05) is 0 Å². The van der Waals surface area contributed by atoms with E-state index in [1.807, 2.05) is 6.92 Å². The smallest absolute Gasteiger partial charge is 0.244 e. The Morgan fingerprint density at radius 3 is 2.87 bits per heavy atom. The molecule has 1 unspecified atom stereocenters. The molecule has 3 aliphatic rings. The first kappa shape index (κ1) is 23.5. The van der Waals surface area contributed by atoms with Crippen molar-refractivity contribution in [3.8, 4) is 0 Å². The van der Waals surface area contributed by atoms with E-state index in [-0.39, 0.29) is 17.0 Å². The van der Waals surface area contributed by atoms with Crippen LogP contribution in [0.3, 0.4) is 0 Å². The van der Waals surface area contributed by atoms with Crippen molar-refractivity contribution >= 4 is 17.5 Å². The first-order valence-electron chi connectivity index (χ1n) is 11.0. The zero-order valence-electron chi connectivity index (χ0n) is 18.0. The van der Waals surface area contributed by atoms with E-state index in [2.05, 4.69) is 25.2 Å². The Bertz CT molecular complexity index is 720. The molecule has 3 rings (SSSR count). The highest BCUT2D eigenvalue weighted by molar-refractivity contribution is 6.30. The largest absolute Gasteiger partial charge is 0.385 e. The van der Waals surface area contributed by atoms with Crippen LogP contribution < -0.4 is 5.32 Å². The van der Waals surface area contributed by atoms with Crippen LogP contribution in [-0.2, 0) is 14.3 Å². The second-order valence-electron chi connectivity index (χ2n) is 8.85. The summed E-state index contributed by atoms with van der Waals surface area (Å²) in [6.07, 6.45) is 10.8. The molecule has 2 saturated heterocycles. The molecule has 1 aliphatic carbocycles. The Hall–Kier alpha value is -1.18. The molecule has 30 heavy (non-hydrogen) atoms. The van der Waals surface area contributed by atoms with E-state index in [1.54, 1.807) is 12.2 Å². The predicted octanol–water partition coefficient (Wildman–Crippen LogP) is 3.32. The summed E-state index contributed by atoms with van der Waals surface area (Å²) >= 11 is 6.10. The Kier molecular flexibility index (Phi) is 7.80. The predicted molar refractivity (Wildman–Crippen MR) is 116 cm³/mol. The van der Waals surface area contributed by atoms with Crippen molar-refractivity contribution in [2.45, 2.75) is 95.5 Å². The zero-order chi connectivity index (χ0) is 21.9. The standard InChI is InChI=1S/C23H34ClNO5/c1-4-5-6-7-8-14(2)11-15(3)9-10-18(26)25-17-13-23(30-22(17)28)12-16(24)19(27)20-21(23)29-20/h9-12,14,17,19-22,27-28H,4-8,13H2,1-3H3,(H,25,26)/b10-9+,15-11+/t14-,17+,19+,20+,21+,22?,23+/m1/s1. The van der Waals surface area contributed by atoms with E-state index in [9.17, 15) is 15.0 Å². The van der Waals surface area contributed by atoms with Gasteiger partial charge in [0.2, 0.25) is 5.91 Å². The molecule has 168 valence electrons. The molecule has 2 heterocycles. The number of unbranched alkanes of at least 4 members (excludes halogenated alkanes) is 3. The maximum absolute atomic E-state index is 12.4. The number of amides is 1. The molecule has 0 aromatic rings. The molecule has 3 N–H and O–H groups in total. The number of carbonyl (C=O) groups is 1. The van der Waals surface area contributed by atoms with Crippen LogP contribution >= 0.6 is 11.6 Å². The molecule has 7 heteroatoms. The van der Waals surface area contributed by atoms with Gasteiger partial charge >= 0.3 is 0 Å². The van der Waals surface area contributed by atoms with E-state index in [4.69, 9.17) is 21.1 Å². The molecule has 1 spiro atoms. The molecule has 0 aromatic carbocycles. The van der Waals surface area contributed by atoms with Gasteiger partial charge in [0.25, 0.3) is 0 Å². The highest BCUT2D eigenvalue weighted by atomic mass is 35.5. The third-order valence-corrected chi connectivity index (χ3v) is 6.42. The minimum Gasteiger partial charge on any atom is -0.385 e. The summed E-state index contributed by atoms with van der Waals surface area (Å²) in [6, 6.07) is -0.579. The van der Waals surface area contributed by atoms with Crippen molar-refractivity contribution < 1.29 is 24.5 Å². The van der Waals surface area contributed by atoms with E-state index < -0.39 is 30.1 Å². The molecule has 0 radical (unpaired) electrons. The molecular weight excluding hydrogens is 406 g/mol. The van der Waals surface area contributed by atoms with Gasteiger partial charge in [-0.15, -0.1) is 0 Å². The number of ether oxygens (including phenoxy) is 2. The average molecular weight is 440 g/mol. The number of aliphatic hydroxyl groups excluding tert-OH is 2. The normalized spacial score (nSPS) is 36.7. The van der Waals surface area contributed by atoms with Gasteiger partial charge < -0.3 is 25.0 Å². The topological polar surface area (TPSA) is 91.3 Å². The number of carbonyl (C=O) groups excluding carboxylic acids is 1. The molecular formula is C23H34ClNO5. The lowest BCUT2D eigenvalue weighted by Gasteiger charge is -2.27. The molecule has 2 aliphatic heterocycles. The Morgan fingerprint density at radius 2 is 2.13 bits per heavy atom. The van der Waals surface area contributed by atoms with E-state index in [0.717, 1.165) is 12.0 Å². The van der Waals surface area contributed by atoms with Crippen LogP contribution in [0.2, 0.25) is 0 Å². The van der Waals surface area contributed by atoms with Crippen molar-refractivity contribution in [3.63, 3.8) is 0 Å². The van der Waals surface area contributed by atoms with Crippen LogP contribution in [0.1, 0.15) is 59.3 Å². The van der Waals surface area contributed by atoms with Crippen molar-refractivity contribution in [1.29, 1.82) is 0 Å². The van der Waals surface area contributed by atoms with Crippen LogP contribution in [0.25, 0.3) is 0 Å². The van der Waals surface area contributed by atoms with Crippen molar-refractivity contribution in [3.05, 3.63) is 34.9 Å². The van der Waals surface area contributed by atoms with Gasteiger partial charge in [-0.05, 0) is 25.3 Å². The summed E-state index contributed by atoms with van der Waals surface area (Å²) in [5, 5.41) is 23.3. The van der Waals surface area contributed by atoms with Crippen molar-refractivity contribution in [1.82, 2.24) is 5.32 Å². The van der Waals surface area contributed by atoms with Crippen LogP contribution in [0.5, 0.6) is 0 Å². The number of hydrogen-bond donors (Lipinski definition) is 3. The van der Waals surface area contributed by atoms with Gasteiger partial charge in [-0.25, -0.2) is 0 Å². The third kappa shape index (κ3) is 5.54. The number of aliphatic hydroxyl groups is 2. The van der Waals surface area contributed by atoms with E-state index in [0.29, 0.717) is 12.3 Å². The minimum absolute atomic E-state index is 0.248. The van der Waals surface area contributed by atoms with Crippen LogP contribution in [-0.4, -0.2) is 52.4 Å². The molecule has 0 aromatic heterocycles. The molecule has 7 atom stereocenters. The first-order valence-corrected chi connectivity index (χ1v) is 11.4. The van der Waals surface area contributed by atoms with Crippen molar-refractivity contribution in [2.24, 2.45) is 5.92 Å². The SMILES string of the molecule is CCCCCC[C@@H](C)/C=C(C)/C=C/C(=O)N[C@H]1C[C@]2(C=C(Cl)[C@H](O)[C@@H]3O[C@@H]32)OC1O. The van der Waals surface area contributed by atoms with Gasteiger partial charge in [-0.3, -0.25) is 4.79 Å². The number of rotatable bonds is 9. The lowest BCUT2D eigenvalue weighted by Crippen LogP contribution is -2.42. The van der Waals surface area contributed by atoms with Crippen LogP contribution in [0, 0.1) is 5.92 Å². The second kappa shape index (κ2) is 9.96. The monoisotopic (exact) mass is 439 g/mol. The molecule has 2 fully saturated rings.